The average molecular weight is 392 g/mol. The van der Waals surface area contributed by atoms with Crippen molar-refractivity contribution in [3.8, 4) is 11.5 Å². The molecule has 0 saturated carbocycles. The van der Waals surface area contributed by atoms with Gasteiger partial charge in [-0.15, -0.1) is 0 Å². The van der Waals surface area contributed by atoms with E-state index in [1.54, 1.807) is 12.1 Å². The van der Waals surface area contributed by atoms with Gasteiger partial charge in [-0.3, -0.25) is 9.78 Å². The summed E-state index contributed by atoms with van der Waals surface area (Å²) < 4.78 is 10.2. The Balaban J connectivity index is 1.42. The molecule has 0 N–H and O–H groups in total. The van der Waals surface area contributed by atoms with Crippen LogP contribution in [0, 0.1) is 0 Å². The van der Waals surface area contributed by atoms with E-state index in [2.05, 4.69) is 39.0 Å². The molecule has 6 heteroatoms. The highest BCUT2D eigenvalue weighted by molar-refractivity contribution is 5.92. The van der Waals surface area contributed by atoms with E-state index in [0.717, 1.165) is 32.1 Å². The van der Waals surface area contributed by atoms with Crippen molar-refractivity contribution in [2.45, 2.75) is 38.5 Å². The molecule has 150 valence electrons. The highest BCUT2D eigenvalue weighted by Crippen LogP contribution is 2.20. The third-order valence-corrected chi connectivity index (χ3v) is 4.64. The molecular weight excluding hydrogens is 368 g/mol. The molecule has 0 aliphatic heterocycles. The van der Waals surface area contributed by atoms with Crippen LogP contribution in [0.4, 0.5) is 0 Å². The van der Waals surface area contributed by atoms with Crippen molar-refractivity contribution < 1.29 is 18.7 Å². The SMILES string of the molecule is COC(=O)c1ccc(-c2cnc(C(=O)CCCCCCc3ccccc3)o2)nc1. The standard InChI is InChI=1S/C23H24N2O4/c1-28-23(27)18-13-14-19(24-15-18)21-16-25-22(29-21)20(26)12-8-3-2-5-9-17-10-6-4-7-11-17/h4,6-7,10-11,13-16H,2-3,5,8-9,12H2,1H3. The van der Waals surface area contributed by atoms with E-state index in [1.807, 2.05) is 6.07 Å². The number of ketones is 1. The van der Waals surface area contributed by atoms with Crippen LogP contribution in [0.1, 0.15) is 58.7 Å². The zero-order valence-corrected chi connectivity index (χ0v) is 16.5. The summed E-state index contributed by atoms with van der Waals surface area (Å²) in [5.41, 5.74) is 2.20. The molecule has 0 atom stereocenters. The Labute approximate surface area is 170 Å². The minimum atomic E-state index is -0.457. The molecule has 29 heavy (non-hydrogen) atoms. The number of hydrogen-bond donors (Lipinski definition) is 0. The van der Waals surface area contributed by atoms with E-state index in [9.17, 15) is 9.59 Å². The number of aryl methyl sites for hydroxylation is 1. The number of ether oxygens (including phenoxy) is 1. The molecule has 0 aliphatic rings. The lowest BCUT2D eigenvalue weighted by Gasteiger charge is -2.01. The van der Waals surface area contributed by atoms with Crippen molar-refractivity contribution in [1.29, 1.82) is 0 Å². The Morgan fingerprint density at radius 3 is 2.45 bits per heavy atom. The molecule has 1 aromatic carbocycles. The monoisotopic (exact) mass is 392 g/mol. The zero-order chi connectivity index (χ0) is 20.5. The number of hydrogen-bond acceptors (Lipinski definition) is 6. The summed E-state index contributed by atoms with van der Waals surface area (Å²) in [6.07, 6.45) is 8.40. The number of oxazole rings is 1. The Hall–Kier alpha value is -3.28. The maximum absolute atomic E-state index is 12.3. The number of pyridine rings is 1. The van der Waals surface area contributed by atoms with Crippen LogP contribution in [-0.2, 0) is 11.2 Å². The highest BCUT2D eigenvalue weighted by Gasteiger charge is 2.15. The smallest absolute Gasteiger partial charge is 0.339 e. The Morgan fingerprint density at radius 2 is 1.72 bits per heavy atom. The minimum Gasteiger partial charge on any atom is -0.465 e. The first kappa shape index (κ1) is 20.5. The van der Waals surface area contributed by atoms with Gasteiger partial charge < -0.3 is 9.15 Å². The Morgan fingerprint density at radius 1 is 0.931 bits per heavy atom. The molecule has 0 spiro atoms. The number of carbonyl (C=O) groups excluding carboxylic acids is 2. The molecule has 2 aromatic heterocycles. The Kier molecular flexibility index (Phi) is 7.28. The number of methoxy groups -OCH3 is 1. The van der Waals surface area contributed by atoms with Gasteiger partial charge in [0, 0.05) is 12.6 Å². The molecule has 3 rings (SSSR count). The lowest BCUT2D eigenvalue weighted by Crippen LogP contribution is -2.01. The van der Waals surface area contributed by atoms with E-state index in [1.165, 1.54) is 25.1 Å². The number of rotatable bonds is 10. The molecule has 0 saturated heterocycles. The molecule has 0 amide bonds. The molecular formula is C23H24N2O4. The molecule has 0 bridgehead atoms. The molecule has 2 heterocycles. The molecule has 0 aliphatic carbocycles. The fourth-order valence-electron chi connectivity index (χ4n) is 3.02. The van der Waals surface area contributed by atoms with E-state index in [0.29, 0.717) is 23.4 Å². The van der Waals surface area contributed by atoms with Gasteiger partial charge >= 0.3 is 5.97 Å². The van der Waals surface area contributed by atoms with Crippen LogP contribution in [-0.4, -0.2) is 28.8 Å². The summed E-state index contributed by atoms with van der Waals surface area (Å²) in [4.78, 5) is 32.0. The van der Waals surface area contributed by atoms with Crippen LogP contribution < -0.4 is 0 Å². The number of unbranched alkanes of at least 4 members (excludes halogenated alkanes) is 3. The fourth-order valence-corrected chi connectivity index (χ4v) is 3.02. The van der Waals surface area contributed by atoms with Crippen LogP contribution in [0.25, 0.3) is 11.5 Å². The lowest BCUT2D eigenvalue weighted by molar-refractivity contribution is 0.0600. The normalized spacial score (nSPS) is 10.7. The van der Waals surface area contributed by atoms with Crippen LogP contribution in [0.5, 0.6) is 0 Å². The lowest BCUT2D eigenvalue weighted by atomic mass is 10.0. The maximum atomic E-state index is 12.3. The van der Waals surface area contributed by atoms with Gasteiger partial charge in [-0.1, -0.05) is 43.2 Å². The topological polar surface area (TPSA) is 82.3 Å². The zero-order valence-electron chi connectivity index (χ0n) is 16.5. The molecule has 0 radical (unpaired) electrons. The first-order valence-electron chi connectivity index (χ1n) is 9.75. The van der Waals surface area contributed by atoms with Crippen molar-refractivity contribution in [3.63, 3.8) is 0 Å². The number of esters is 1. The molecule has 6 nitrogen and oxygen atoms in total. The van der Waals surface area contributed by atoms with Gasteiger partial charge in [0.05, 0.1) is 18.9 Å². The summed E-state index contributed by atoms with van der Waals surface area (Å²) in [6.45, 7) is 0. The van der Waals surface area contributed by atoms with Crippen molar-refractivity contribution in [3.05, 3.63) is 71.9 Å². The second kappa shape index (κ2) is 10.3. The van der Waals surface area contributed by atoms with E-state index in [-0.39, 0.29) is 11.7 Å². The van der Waals surface area contributed by atoms with E-state index >= 15 is 0 Å². The van der Waals surface area contributed by atoms with Crippen LogP contribution in [0.3, 0.4) is 0 Å². The molecule has 3 aromatic rings. The number of aromatic nitrogens is 2. The Bertz CT molecular complexity index is 933. The van der Waals surface area contributed by atoms with Crippen molar-refractivity contribution in [1.82, 2.24) is 9.97 Å². The van der Waals surface area contributed by atoms with E-state index < -0.39 is 5.97 Å². The maximum Gasteiger partial charge on any atom is 0.339 e. The minimum absolute atomic E-state index is 0.100. The predicted molar refractivity (Wildman–Crippen MR) is 109 cm³/mol. The van der Waals surface area contributed by atoms with Crippen LogP contribution >= 0.6 is 0 Å². The first-order valence-corrected chi connectivity index (χ1v) is 9.75. The summed E-state index contributed by atoms with van der Waals surface area (Å²) in [5, 5.41) is 0. The molecule has 0 fully saturated rings. The summed E-state index contributed by atoms with van der Waals surface area (Å²) in [6, 6.07) is 13.6. The first-order chi connectivity index (χ1) is 14.2. The second-order valence-corrected chi connectivity index (χ2v) is 6.78. The quantitative estimate of drug-likeness (QED) is 0.277. The van der Waals surface area contributed by atoms with Crippen molar-refractivity contribution in [2.24, 2.45) is 0 Å². The summed E-state index contributed by atoms with van der Waals surface area (Å²) in [5.74, 6) is -0.0671. The third kappa shape index (κ3) is 5.85. The second-order valence-electron chi connectivity index (χ2n) is 6.78. The average Bonchev–Trinajstić information content (AvgIpc) is 3.27. The number of nitrogens with zero attached hydrogens (tertiary/aromatic N) is 2. The summed E-state index contributed by atoms with van der Waals surface area (Å²) in [7, 11) is 1.31. The summed E-state index contributed by atoms with van der Waals surface area (Å²) >= 11 is 0. The molecule has 0 unspecified atom stereocenters. The van der Waals surface area contributed by atoms with Gasteiger partial charge in [0.2, 0.25) is 5.78 Å². The van der Waals surface area contributed by atoms with Gasteiger partial charge in [0.1, 0.15) is 5.69 Å². The highest BCUT2D eigenvalue weighted by atomic mass is 16.5. The third-order valence-electron chi connectivity index (χ3n) is 4.64. The van der Waals surface area contributed by atoms with Crippen LogP contribution in [0.15, 0.2) is 59.3 Å². The number of benzene rings is 1. The van der Waals surface area contributed by atoms with Crippen molar-refractivity contribution in [2.75, 3.05) is 7.11 Å². The van der Waals surface area contributed by atoms with E-state index in [4.69, 9.17) is 4.42 Å². The van der Waals surface area contributed by atoms with Gasteiger partial charge in [0.25, 0.3) is 5.89 Å². The van der Waals surface area contributed by atoms with Gasteiger partial charge in [0.15, 0.2) is 5.76 Å². The number of Topliss-reactive ketones (excluding diaryl/α,β-unsaturated/α-hetero) is 1. The van der Waals surface area contributed by atoms with Crippen molar-refractivity contribution >= 4 is 11.8 Å². The van der Waals surface area contributed by atoms with Gasteiger partial charge in [-0.05, 0) is 37.0 Å². The van der Waals surface area contributed by atoms with Gasteiger partial charge in [-0.25, -0.2) is 9.78 Å². The predicted octanol–water partition coefficient (Wildman–Crippen LogP) is 4.90. The fraction of sp³-hybridized carbons (Fsp3) is 0.304. The van der Waals surface area contributed by atoms with Crippen LogP contribution in [0.2, 0.25) is 0 Å². The number of carbonyl (C=O) groups is 2. The van der Waals surface area contributed by atoms with Gasteiger partial charge in [-0.2, -0.15) is 0 Å². The largest absolute Gasteiger partial charge is 0.465 e.